The largest absolute Gasteiger partial charge is 0.461 e. The maximum Gasteiger partial charge on any atom is 0.200 e. The van der Waals surface area contributed by atoms with Crippen molar-refractivity contribution in [1.82, 2.24) is 5.32 Å². The molecule has 33 heavy (non-hydrogen) atoms. The van der Waals surface area contributed by atoms with Crippen molar-refractivity contribution in [3.8, 4) is 11.5 Å². The lowest BCUT2D eigenvalue weighted by Gasteiger charge is -2.34. The van der Waals surface area contributed by atoms with Gasteiger partial charge < -0.3 is 44.7 Å². The maximum atomic E-state index is 10.3. The van der Waals surface area contributed by atoms with Crippen LogP contribution in [0.4, 0.5) is 0 Å². The second-order valence-electron chi connectivity index (χ2n) is 8.84. The molecule has 0 saturated carbocycles. The number of aliphatic hydroxyl groups is 4. The summed E-state index contributed by atoms with van der Waals surface area (Å²) in [5, 5.41) is 43.0. The van der Waals surface area contributed by atoms with Gasteiger partial charge in [0.25, 0.3) is 0 Å². The minimum absolute atomic E-state index is 0.278. The summed E-state index contributed by atoms with van der Waals surface area (Å²) in [6.07, 6.45) is 2.88. The molecular formula is C24H35NO8. The average molecular weight is 466 g/mol. The number of rotatable bonds is 8. The van der Waals surface area contributed by atoms with Crippen LogP contribution in [0.5, 0.6) is 11.5 Å². The third-order valence-corrected chi connectivity index (χ3v) is 6.34. The zero-order valence-electron chi connectivity index (χ0n) is 18.8. The Labute approximate surface area is 193 Å². The van der Waals surface area contributed by atoms with E-state index in [1.807, 2.05) is 18.2 Å². The van der Waals surface area contributed by atoms with Crippen LogP contribution in [0.2, 0.25) is 0 Å². The highest BCUT2D eigenvalue weighted by Gasteiger charge is 2.36. The quantitative estimate of drug-likeness (QED) is 0.357. The van der Waals surface area contributed by atoms with E-state index < -0.39 is 31.0 Å². The van der Waals surface area contributed by atoms with Gasteiger partial charge in [-0.15, -0.1) is 0 Å². The Bertz CT molecular complexity index is 791. The highest BCUT2D eigenvalue weighted by Crippen LogP contribution is 2.33. The molecule has 9 heteroatoms. The SMILES string of the molecule is OCC1=CC(NCc2ccc(OC3CCCCO3)c(OC3CCCCO3)c2)C(O)[C@@H](O)C1O. The molecule has 0 amide bonds. The van der Waals surface area contributed by atoms with Gasteiger partial charge >= 0.3 is 0 Å². The van der Waals surface area contributed by atoms with E-state index in [9.17, 15) is 20.4 Å². The van der Waals surface area contributed by atoms with Gasteiger partial charge in [-0.25, -0.2) is 0 Å². The van der Waals surface area contributed by atoms with E-state index >= 15 is 0 Å². The van der Waals surface area contributed by atoms with Crippen LogP contribution in [0.1, 0.15) is 44.1 Å². The van der Waals surface area contributed by atoms with Crippen LogP contribution < -0.4 is 14.8 Å². The molecule has 1 aliphatic carbocycles. The Morgan fingerprint density at radius 1 is 0.879 bits per heavy atom. The molecule has 0 bridgehead atoms. The highest BCUT2D eigenvalue weighted by molar-refractivity contribution is 5.43. The van der Waals surface area contributed by atoms with Gasteiger partial charge in [0.15, 0.2) is 24.1 Å². The Morgan fingerprint density at radius 3 is 2.15 bits per heavy atom. The minimum atomic E-state index is -1.37. The van der Waals surface area contributed by atoms with Crippen molar-refractivity contribution in [2.24, 2.45) is 0 Å². The Kier molecular flexibility index (Phi) is 8.59. The zero-order chi connectivity index (χ0) is 23.2. The molecule has 184 valence electrons. The Hall–Kier alpha value is -1.72. The molecule has 5 N–H and O–H groups in total. The van der Waals surface area contributed by atoms with E-state index in [0.29, 0.717) is 31.3 Å². The fraction of sp³-hybridized carbons (Fsp3) is 0.667. The first-order chi connectivity index (χ1) is 16.0. The third-order valence-electron chi connectivity index (χ3n) is 6.34. The molecule has 2 heterocycles. The molecule has 0 spiro atoms. The smallest absolute Gasteiger partial charge is 0.200 e. The van der Waals surface area contributed by atoms with Crippen LogP contribution in [0.15, 0.2) is 29.8 Å². The van der Waals surface area contributed by atoms with Crippen molar-refractivity contribution in [3.05, 3.63) is 35.4 Å². The molecule has 6 atom stereocenters. The van der Waals surface area contributed by atoms with Crippen molar-refractivity contribution in [3.63, 3.8) is 0 Å². The maximum absolute atomic E-state index is 10.3. The third kappa shape index (κ3) is 6.24. The molecule has 2 fully saturated rings. The van der Waals surface area contributed by atoms with E-state index in [0.717, 1.165) is 44.1 Å². The summed E-state index contributed by atoms with van der Waals surface area (Å²) >= 11 is 0. The topological polar surface area (TPSA) is 130 Å². The summed E-state index contributed by atoms with van der Waals surface area (Å²) in [5.74, 6) is 1.17. The summed E-state index contributed by atoms with van der Waals surface area (Å²) in [6.45, 7) is 1.32. The molecule has 4 rings (SSSR count). The fourth-order valence-corrected chi connectivity index (χ4v) is 4.35. The van der Waals surface area contributed by atoms with Gasteiger partial charge in [-0.1, -0.05) is 12.1 Å². The van der Waals surface area contributed by atoms with Crippen molar-refractivity contribution in [1.29, 1.82) is 0 Å². The predicted octanol–water partition coefficient (Wildman–Crippen LogP) is 0.971. The van der Waals surface area contributed by atoms with Crippen LogP contribution in [0, 0.1) is 0 Å². The second kappa shape index (κ2) is 11.6. The summed E-state index contributed by atoms with van der Waals surface area (Å²) in [4.78, 5) is 0. The molecule has 3 aliphatic rings. The first kappa shape index (κ1) is 24.4. The van der Waals surface area contributed by atoms with Gasteiger partial charge in [0.05, 0.1) is 25.9 Å². The van der Waals surface area contributed by atoms with E-state index in [2.05, 4.69) is 5.32 Å². The number of benzene rings is 1. The van der Waals surface area contributed by atoms with Gasteiger partial charge in [0.2, 0.25) is 0 Å². The predicted molar refractivity (Wildman–Crippen MR) is 119 cm³/mol. The number of hydrogen-bond acceptors (Lipinski definition) is 9. The van der Waals surface area contributed by atoms with Crippen LogP contribution in [-0.4, -0.2) is 77.2 Å². The average Bonchev–Trinajstić information content (AvgIpc) is 2.85. The molecule has 0 radical (unpaired) electrons. The second-order valence-corrected chi connectivity index (χ2v) is 8.84. The van der Waals surface area contributed by atoms with E-state index in [1.54, 1.807) is 6.08 Å². The molecule has 1 aromatic carbocycles. The van der Waals surface area contributed by atoms with Gasteiger partial charge in [-0.05, 0) is 49.0 Å². The van der Waals surface area contributed by atoms with Gasteiger partial charge in [0.1, 0.15) is 18.3 Å². The van der Waals surface area contributed by atoms with E-state index in [4.69, 9.17) is 18.9 Å². The van der Waals surface area contributed by atoms with Crippen LogP contribution in [-0.2, 0) is 16.0 Å². The fourth-order valence-electron chi connectivity index (χ4n) is 4.35. The molecule has 0 aromatic heterocycles. The molecule has 5 unspecified atom stereocenters. The van der Waals surface area contributed by atoms with Crippen LogP contribution in [0.25, 0.3) is 0 Å². The van der Waals surface area contributed by atoms with E-state index in [1.165, 1.54) is 0 Å². The zero-order valence-corrected chi connectivity index (χ0v) is 18.8. The molecule has 9 nitrogen and oxygen atoms in total. The lowest BCUT2D eigenvalue weighted by atomic mass is 9.88. The van der Waals surface area contributed by atoms with Gasteiger partial charge in [-0.3, -0.25) is 0 Å². The lowest BCUT2D eigenvalue weighted by Crippen LogP contribution is -2.53. The summed E-state index contributed by atoms with van der Waals surface area (Å²) in [7, 11) is 0. The number of nitrogens with one attached hydrogen (secondary N) is 1. The van der Waals surface area contributed by atoms with Crippen LogP contribution >= 0.6 is 0 Å². The van der Waals surface area contributed by atoms with Gasteiger partial charge in [0, 0.05) is 19.4 Å². The number of aliphatic hydroxyl groups excluding tert-OH is 4. The normalized spacial score (nSPS) is 32.8. The minimum Gasteiger partial charge on any atom is -0.461 e. The first-order valence-corrected chi connectivity index (χ1v) is 11.8. The molecule has 2 aliphatic heterocycles. The molecule has 2 saturated heterocycles. The molecule has 1 aromatic rings. The Morgan fingerprint density at radius 2 is 1.55 bits per heavy atom. The van der Waals surface area contributed by atoms with Crippen LogP contribution in [0.3, 0.4) is 0 Å². The highest BCUT2D eigenvalue weighted by atomic mass is 16.7. The summed E-state index contributed by atoms with van der Waals surface area (Å²) in [6, 6.07) is 5.00. The lowest BCUT2D eigenvalue weighted by molar-refractivity contribution is -0.119. The first-order valence-electron chi connectivity index (χ1n) is 11.8. The number of hydrogen-bond donors (Lipinski definition) is 5. The van der Waals surface area contributed by atoms with Crippen molar-refractivity contribution < 1.29 is 39.4 Å². The van der Waals surface area contributed by atoms with E-state index in [-0.39, 0.29) is 18.2 Å². The summed E-state index contributed by atoms with van der Waals surface area (Å²) in [5.41, 5.74) is 1.16. The summed E-state index contributed by atoms with van der Waals surface area (Å²) < 4.78 is 23.7. The Balaban J connectivity index is 1.47. The van der Waals surface area contributed by atoms with Gasteiger partial charge in [-0.2, -0.15) is 0 Å². The number of ether oxygens (including phenoxy) is 4. The van der Waals surface area contributed by atoms with Crippen molar-refractivity contribution >= 4 is 0 Å². The monoisotopic (exact) mass is 465 g/mol. The van der Waals surface area contributed by atoms with Crippen molar-refractivity contribution in [2.45, 2.75) is 82.0 Å². The molecular weight excluding hydrogens is 430 g/mol. The van der Waals surface area contributed by atoms with Crippen molar-refractivity contribution in [2.75, 3.05) is 19.8 Å². The standard InChI is InChI=1S/C24H35NO8/c26-14-16-12-17(23(28)24(29)22(16)27)25-13-15-7-8-18(32-20-5-1-3-9-30-20)19(11-15)33-21-6-2-4-10-31-21/h7-8,11-12,17,20-29H,1-6,9-10,13-14H2/t17?,20?,21?,22?,23?,24-/m0/s1.